The highest BCUT2D eigenvalue weighted by Gasteiger charge is 2.27. The van der Waals surface area contributed by atoms with Crippen LogP contribution in [0.5, 0.6) is 0 Å². The van der Waals surface area contributed by atoms with Crippen LogP contribution in [-0.2, 0) is 6.42 Å². The molecule has 0 unspecified atom stereocenters. The molecule has 2 N–H and O–H groups in total. The van der Waals surface area contributed by atoms with Crippen LogP contribution in [0.2, 0.25) is 0 Å². The van der Waals surface area contributed by atoms with E-state index in [1.54, 1.807) is 18.2 Å². The maximum absolute atomic E-state index is 12.3. The number of hydrogen-bond acceptors (Lipinski definition) is 4. The molecule has 27 heavy (non-hydrogen) atoms. The summed E-state index contributed by atoms with van der Waals surface area (Å²) >= 11 is 0. The Morgan fingerprint density at radius 2 is 1.93 bits per heavy atom. The fraction of sp³-hybridized carbons (Fsp3) is 0.286. The van der Waals surface area contributed by atoms with Gasteiger partial charge < -0.3 is 9.73 Å². The predicted octanol–water partition coefficient (Wildman–Crippen LogP) is 3.28. The van der Waals surface area contributed by atoms with Crippen molar-refractivity contribution in [3.05, 3.63) is 70.7 Å². The molecule has 2 aromatic rings. The molecule has 0 atom stereocenters. The minimum atomic E-state index is -0.273. The number of carbonyl (C=O) groups is 2. The fourth-order valence-electron chi connectivity index (χ4n) is 3.13. The minimum Gasteiger partial charge on any atom is -0.455 e. The van der Waals surface area contributed by atoms with Crippen LogP contribution in [0.3, 0.4) is 0 Å². The Bertz CT molecular complexity index is 907. The number of hydrazone groups is 1. The van der Waals surface area contributed by atoms with E-state index in [1.165, 1.54) is 0 Å². The first-order valence-corrected chi connectivity index (χ1v) is 8.96. The summed E-state index contributed by atoms with van der Waals surface area (Å²) < 4.78 is 5.79. The molecule has 1 aliphatic carbocycles. The number of nitrogens with zero attached hydrogens (tertiary/aromatic N) is 1. The lowest BCUT2D eigenvalue weighted by atomic mass is 9.93. The van der Waals surface area contributed by atoms with E-state index >= 15 is 0 Å². The largest absolute Gasteiger partial charge is 0.455 e. The second-order valence-electron chi connectivity index (χ2n) is 6.57. The third-order valence-electron chi connectivity index (χ3n) is 4.55. The maximum atomic E-state index is 12.3. The summed E-state index contributed by atoms with van der Waals surface area (Å²) in [6, 6.07) is 7.30. The smallest absolute Gasteiger partial charge is 0.287 e. The predicted molar refractivity (Wildman–Crippen MR) is 104 cm³/mol. The molecule has 0 fully saturated rings. The monoisotopic (exact) mass is 365 g/mol. The maximum Gasteiger partial charge on any atom is 0.287 e. The lowest BCUT2D eigenvalue weighted by Crippen LogP contribution is -2.24. The van der Waals surface area contributed by atoms with E-state index < -0.39 is 0 Å². The highest BCUT2D eigenvalue weighted by Crippen LogP contribution is 2.29. The zero-order valence-corrected chi connectivity index (χ0v) is 15.6. The van der Waals surface area contributed by atoms with Crippen molar-refractivity contribution in [3.63, 3.8) is 0 Å². The minimum absolute atomic E-state index is 0.264. The Kier molecular flexibility index (Phi) is 5.54. The molecule has 6 nitrogen and oxygen atoms in total. The van der Waals surface area contributed by atoms with Gasteiger partial charge >= 0.3 is 0 Å². The summed E-state index contributed by atoms with van der Waals surface area (Å²) in [5, 5.41) is 7.06. The number of amides is 2. The van der Waals surface area contributed by atoms with E-state index in [9.17, 15) is 9.59 Å². The Labute approximate surface area is 158 Å². The highest BCUT2D eigenvalue weighted by molar-refractivity contribution is 6.07. The Balaban J connectivity index is 1.83. The van der Waals surface area contributed by atoms with Gasteiger partial charge in [-0.15, -0.1) is 6.58 Å². The number of aryl methyl sites for hydroxylation is 2. The van der Waals surface area contributed by atoms with Gasteiger partial charge in [0.2, 0.25) is 0 Å². The number of nitrogens with one attached hydrogen (secondary N) is 2. The number of furan rings is 1. The molecule has 0 bridgehead atoms. The summed E-state index contributed by atoms with van der Waals surface area (Å²) in [4.78, 5) is 24.6. The van der Waals surface area contributed by atoms with Crippen LogP contribution in [0.1, 0.15) is 56.2 Å². The van der Waals surface area contributed by atoms with Crippen molar-refractivity contribution < 1.29 is 14.0 Å². The summed E-state index contributed by atoms with van der Waals surface area (Å²) in [6.45, 7) is 7.77. The molecule has 1 heterocycles. The SMILES string of the molecule is C=CCNC(=O)c1oc2c(c1C)/C(=N/NC(=O)c1ccc(C)cc1)CCC2. The molecule has 0 radical (unpaired) electrons. The average molecular weight is 365 g/mol. The first-order valence-electron chi connectivity index (χ1n) is 8.96. The molecular formula is C21H23N3O3. The van der Waals surface area contributed by atoms with E-state index in [0.717, 1.165) is 47.4 Å². The van der Waals surface area contributed by atoms with Crippen LogP contribution >= 0.6 is 0 Å². The van der Waals surface area contributed by atoms with Crippen LogP contribution in [0.4, 0.5) is 0 Å². The van der Waals surface area contributed by atoms with Crippen molar-refractivity contribution in [2.24, 2.45) is 5.10 Å². The molecule has 0 spiro atoms. The van der Waals surface area contributed by atoms with E-state index in [-0.39, 0.29) is 11.8 Å². The molecule has 2 amide bonds. The first kappa shape index (κ1) is 18.6. The number of fused-ring (bicyclic) bond motifs is 1. The molecule has 0 saturated heterocycles. The molecule has 0 aliphatic heterocycles. The summed E-state index contributed by atoms with van der Waals surface area (Å²) in [7, 11) is 0. The summed E-state index contributed by atoms with van der Waals surface area (Å²) in [5.41, 5.74) is 6.57. The van der Waals surface area contributed by atoms with Gasteiger partial charge in [0.1, 0.15) is 5.76 Å². The van der Waals surface area contributed by atoms with Gasteiger partial charge in [-0.3, -0.25) is 9.59 Å². The van der Waals surface area contributed by atoms with E-state index in [0.29, 0.717) is 17.9 Å². The summed E-state index contributed by atoms with van der Waals surface area (Å²) in [6.07, 6.45) is 3.93. The molecule has 1 aromatic heterocycles. The topological polar surface area (TPSA) is 83.7 Å². The van der Waals surface area contributed by atoms with Crippen molar-refractivity contribution >= 4 is 17.5 Å². The highest BCUT2D eigenvalue weighted by atomic mass is 16.4. The molecule has 6 heteroatoms. The van der Waals surface area contributed by atoms with Gasteiger partial charge in [0, 0.05) is 29.7 Å². The lowest BCUT2D eigenvalue weighted by Gasteiger charge is -2.13. The van der Waals surface area contributed by atoms with Gasteiger partial charge in [-0.05, 0) is 38.8 Å². The zero-order chi connectivity index (χ0) is 19.4. The Morgan fingerprint density at radius 3 is 2.63 bits per heavy atom. The quantitative estimate of drug-likeness (QED) is 0.630. The van der Waals surface area contributed by atoms with Gasteiger partial charge in [-0.1, -0.05) is 23.8 Å². The normalized spacial score (nSPS) is 14.5. The molecule has 0 saturated carbocycles. The first-order chi connectivity index (χ1) is 13.0. The van der Waals surface area contributed by atoms with Crippen LogP contribution < -0.4 is 10.7 Å². The van der Waals surface area contributed by atoms with Crippen molar-refractivity contribution in [1.82, 2.24) is 10.7 Å². The van der Waals surface area contributed by atoms with E-state index in [4.69, 9.17) is 4.42 Å². The standard InChI is InChI=1S/C21H23N3O3/c1-4-12-22-21(26)19-14(3)18-16(6-5-7-17(18)27-19)23-24-20(25)15-10-8-13(2)9-11-15/h4,8-11H,1,5-7,12H2,2-3H3,(H,22,26)(H,24,25)/b23-16+. The van der Waals surface area contributed by atoms with Crippen molar-refractivity contribution in [3.8, 4) is 0 Å². The Hall–Kier alpha value is -3.15. The van der Waals surface area contributed by atoms with Gasteiger partial charge in [-0.25, -0.2) is 5.43 Å². The van der Waals surface area contributed by atoms with Gasteiger partial charge in [0.25, 0.3) is 11.8 Å². The van der Waals surface area contributed by atoms with E-state index in [1.807, 2.05) is 26.0 Å². The molecular weight excluding hydrogens is 342 g/mol. The summed E-state index contributed by atoms with van der Waals surface area (Å²) in [5.74, 6) is 0.497. The third kappa shape index (κ3) is 4.00. The Morgan fingerprint density at radius 1 is 1.19 bits per heavy atom. The molecule has 140 valence electrons. The van der Waals surface area contributed by atoms with Crippen molar-refractivity contribution in [2.45, 2.75) is 33.1 Å². The van der Waals surface area contributed by atoms with E-state index in [2.05, 4.69) is 22.4 Å². The molecule has 1 aromatic carbocycles. The second-order valence-corrected chi connectivity index (χ2v) is 6.57. The molecule has 1 aliphatic rings. The number of benzene rings is 1. The lowest BCUT2D eigenvalue weighted by molar-refractivity contribution is 0.0926. The van der Waals surface area contributed by atoms with Crippen LogP contribution in [-0.4, -0.2) is 24.1 Å². The van der Waals surface area contributed by atoms with Gasteiger partial charge in [0.15, 0.2) is 5.76 Å². The second kappa shape index (κ2) is 8.03. The van der Waals surface area contributed by atoms with Crippen LogP contribution in [0.15, 0.2) is 46.4 Å². The number of carbonyl (C=O) groups excluding carboxylic acids is 2. The van der Waals surface area contributed by atoms with Crippen LogP contribution in [0.25, 0.3) is 0 Å². The van der Waals surface area contributed by atoms with Gasteiger partial charge in [-0.2, -0.15) is 5.10 Å². The van der Waals surface area contributed by atoms with Crippen LogP contribution in [0, 0.1) is 13.8 Å². The number of rotatable bonds is 5. The number of hydrogen-bond donors (Lipinski definition) is 2. The van der Waals surface area contributed by atoms with Gasteiger partial charge in [0.05, 0.1) is 5.71 Å². The van der Waals surface area contributed by atoms with Crippen molar-refractivity contribution in [2.75, 3.05) is 6.54 Å². The van der Waals surface area contributed by atoms with Crippen molar-refractivity contribution in [1.29, 1.82) is 0 Å². The fourth-order valence-corrected chi connectivity index (χ4v) is 3.13. The molecule has 3 rings (SSSR count). The third-order valence-corrected chi connectivity index (χ3v) is 4.55. The zero-order valence-electron chi connectivity index (χ0n) is 15.6. The average Bonchev–Trinajstić information content (AvgIpc) is 3.02.